The Morgan fingerprint density at radius 3 is 1.50 bits per heavy atom. The number of alkyl carbamates (subject to hydrolysis) is 2. The third-order valence-corrected chi connectivity index (χ3v) is 7.51. The van der Waals surface area contributed by atoms with Gasteiger partial charge in [-0.2, -0.15) is 0 Å². The first kappa shape index (κ1) is 36.5. The maximum Gasteiger partial charge on any atom is 0.407 e. The van der Waals surface area contributed by atoms with E-state index in [0.29, 0.717) is 13.1 Å². The molecule has 0 aromatic carbocycles. The van der Waals surface area contributed by atoms with Gasteiger partial charge in [0, 0.05) is 31.6 Å². The summed E-state index contributed by atoms with van der Waals surface area (Å²) in [6.45, 7) is 12.1. The van der Waals surface area contributed by atoms with Gasteiger partial charge in [-0.25, -0.2) is 9.59 Å². The second-order valence-corrected chi connectivity index (χ2v) is 12.3. The minimum Gasteiger partial charge on any atom is -0.449 e. The molecule has 1 heterocycles. The maximum absolute atomic E-state index is 12.0. The van der Waals surface area contributed by atoms with Crippen molar-refractivity contribution in [2.45, 2.75) is 130 Å². The summed E-state index contributed by atoms with van der Waals surface area (Å²) in [6.07, 6.45) is 21.4. The van der Waals surface area contributed by atoms with Crippen molar-refractivity contribution in [3.8, 4) is 0 Å². The molecule has 0 saturated carbocycles. The van der Waals surface area contributed by atoms with Crippen molar-refractivity contribution in [1.82, 2.24) is 15.5 Å². The van der Waals surface area contributed by atoms with E-state index < -0.39 is 17.6 Å². The first-order chi connectivity index (χ1) is 19.4. The summed E-state index contributed by atoms with van der Waals surface area (Å²) in [6, 6.07) is 0. The zero-order valence-corrected chi connectivity index (χ0v) is 26.4. The molecule has 0 spiro atoms. The first-order valence-electron chi connectivity index (χ1n) is 16.5. The summed E-state index contributed by atoms with van der Waals surface area (Å²) in [7, 11) is 0. The molecule has 0 atom stereocenters. The van der Waals surface area contributed by atoms with Crippen LogP contribution in [0.25, 0.3) is 0 Å². The Hall–Kier alpha value is -1.54. The Morgan fingerprint density at radius 1 is 0.650 bits per heavy atom. The van der Waals surface area contributed by atoms with Gasteiger partial charge in [0.05, 0.1) is 13.2 Å². The molecule has 0 aliphatic carbocycles. The van der Waals surface area contributed by atoms with Crippen LogP contribution < -0.4 is 10.6 Å². The smallest absolute Gasteiger partial charge is 0.407 e. The molecule has 236 valence electrons. The average molecular weight is 570 g/mol. The molecule has 0 unspecified atom stereocenters. The van der Waals surface area contributed by atoms with Crippen LogP contribution >= 0.6 is 0 Å². The van der Waals surface area contributed by atoms with E-state index in [1.165, 1.54) is 89.9 Å². The van der Waals surface area contributed by atoms with Crippen molar-refractivity contribution < 1.29 is 23.8 Å². The van der Waals surface area contributed by atoms with Gasteiger partial charge in [0.2, 0.25) is 0 Å². The van der Waals surface area contributed by atoms with Crippen molar-refractivity contribution in [1.29, 1.82) is 0 Å². The molecule has 8 heteroatoms. The van der Waals surface area contributed by atoms with Gasteiger partial charge in [0.1, 0.15) is 13.2 Å². The highest BCUT2D eigenvalue weighted by Gasteiger charge is 2.23. The number of carbonyl (C=O) groups is 2. The predicted octanol–water partition coefficient (Wildman–Crippen LogP) is 7.45. The van der Waals surface area contributed by atoms with Crippen molar-refractivity contribution >= 4 is 12.2 Å². The lowest BCUT2D eigenvalue weighted by Crippen LogP contribution is -2.38. The monoisotopic (exact) mass is 569 g/mol. The summed E-state index contributed by atoms with van der Waals surface area (Å²) in [4.78, 5) is 26.3. The van der Waals surface area contributed by atoms with Crippen LogP contribution in [-0.4, -0.2) is 76.2 Å². The van der Waals surface area contributed by atoms with Gasteiger partial charge in [-0.15, -0.1) is 0 Å². The molecule has 2 N–H and O–H groups in total. The number of morpholine rings is 1. The van der Waals surface area contributed by atoms with Gasteiger partial charge in [-0.05, 0) is 19.4 Å². The Kier molecular flexibility index (Phi) is 23.0. The van der Waals surface area contributed by atoms with Gasteiger partial charge in [-0.1, -0.05) is 117 Å². The van der Waals surface area contributed by atoms with E-state index in [2.05, 4.69) is 22.5 Å². The maximum atomic E-state index is 12.0. The van der Waals surface area contributed by atoms with E-state index >= 15 is 0 Å². The number of carbonyl (C=O) groups excluding carboxylic acids is 2. The number of ether oxygens (including phenoxy) is 3. The molecular weight excluding hydrogens is 506 g/mol. The van der Waals surface area contributed by atoms with Gasteiger partial charge >= 0.3 is 12.2 Å². The van der Waals surface area contributed by atoms with Crippen LogP contribution in [0.3, 0.4) is 0 Å². The molecule has 40 heavy (non-hydrogen) atoms. The molecule has 1 aliphatic rings. The van der Waals surface area contributed by atoms with Gasteiger partial charge in [0.15, 0.2) is 0 Å². The fraction of sp³-hybridized carbons (Fsp3) is 0.938. The number of hydrogen-bond donors (Lipinski definition) is 2. The molecule has 8 nitrogen and oxygen atoms in total. The highest BCUT2D eigenvalue weighted by Crippen LogP contribution is 2.16. The fourth-order valence-electron chi connectivity index (χ4n) is 4.85. The molecule has 1 aliphatic heterocycles. The van der Waals surface area contributed by atoms with Gasteiger partial charge < -0.3 is 24.8 Å². The van der Waals surface area contributed by atoms with Crippen LogP contribution in [0.1, 0.15) is 130 Å². The number of unbranched alkanes of at least 4 members (excludes halogenated alkanes) is 15. The number of nitrogens with zero attached hydrogens (tertiary/aromatic N) is 1. The summed E-state index contributed by atoms with van der Waals surface area (Å²) in [5.74, 6) is 0. The second kappa shape index (κ2) is 25.2. The zero-order valence-electron chi connectivity index (χ0n) is 26.4. The Balaban J connectivity index is 1.86. The highest BCUT2D eigenvalue weighted by molar-refractivity contribution is 5.67. The molecule has 1 fully saturated rings. The van der Waals surface area contributed by atoms with Crippen molar-refractivity contribution in [3.05, 3.63) is 0 Å². The molecule has 1 rings (SSSR count). The Labute approximate surface area is 246 Å². The summed E-state index contributed by atoms with van der Waals surface area (Å²) >= 11 is 0. The largest absolute Gasteiger partial charge is 0.449 e. The Morgan fingerprint density at radius 2 is 1.05 bits per heavy atom. The molecule has 0 bridgehead atoms. The van der Waals surface area contributed by atoms with Crippen LogP contribution in [0, 0.1) is 5.41 Å². The average Bonchev–Trinajstić information content (AvgIpc) is 2.95. The minimum absolute atomic E-state index is 0.189. The molecule has 2 amide bonds. The van der Waals surface area contributed by atoms with Crippen molar-refractivity contribution in [2.75, 3.05) is 59.2 Å². The summed E-state index contributed by atoms with van der Waals surface area (Å²) in [5, 5.41) is 5.63. The van der Waals surface area contributed by atoms with Crippen LogP contribution in [0.2, 0.25) is 0 Å². The number of rotatable bonds is 25. The quantitative estimate of drug-likeness (QED) is 0.111. The lowest BCUT2D eigenvalue weighted by Gasteiger charge is -2.26. The molecule has 1 saturated heterocycles. The predicted molar refractivity (Wildman–Crippen MR) is 164 cm³/mol. The van der Waals surface area contributed by atoms with Crippen LogP contribution in [-0.2, 0) is 14.2 Å². The Bertz CT molecular complexity index is 611. The second-order valence-electron chi connectivity index (χ2n) is 12.3. The molecule has 0 aromatic heterocycles. The van der Waals surface area contributed by atoms with Gasteiger partial charge in [-0.3, -0.25) is 4.90 Å². The number of amides is 2. The third kappa shape index (κ3) is 23.2. The van der Waals surface area contributed by atoms with Gasteiger partial charge in [0.25, 0.3) is 0 Å². The fourth-order valence-corrected chi connectivity index (χ4v) is 4.85. The van der Waals surface area contributed by atoms with E-state index in [-0.39, 0.29) is 13.2 Å². The molecule has 0 radical (unpaired) electrons. The van der Waals surface area contributed by atoms with Crippen LogP contribution in [0.15, 0.2) is 0 Å². The highest BCUT2D eigenvalue weighted by atomic mass is 16.6. The molecule has 0 aromatic rings. The standard InChI is InChI=1S/C32H63N3O5/c1-4-5-6-7-8-9-10-11-12-13-14-15-16-17-18-19-21-33-30(36)39-28-32(2,3)29-40-31(37)34-22-20-23-35-24-26-38-27-25-35/h4-29H2,1-3H3,(H,33,36)(H,34,37). The van der Waals surface area contributed by atoms with Crippen molar-refractivity contribution in [3.63, 3.8) is 0 Å². The number of hydrogen-bond acceptors (Lipinski definition) is 6. The van der Waals surface area contributed by atoms with Crippen LogP contribution in [0.4, 0.5) is 9.59 Å². The SMILES string of the molecule is CCCCCCCCCCCCCCCCCCNC(=O)OCC(C)(C)COC(=O)NCCCN1CCOCC1. The first-order valence-corrected chi connectivity index (χ1v) is 16.5. The lowest BCUT2D eigenvalue weighted by molar-refractivity contribution is 0.0366. The molecular formula is C32H63N3O5. The van der Waals surface area contributed by atoms with E-state index in [9.17, 15) is 9.59 Å². The normalized spacial score (nSPS) is 14.2. The van der Waals surface area contributed by atoms with Crippen LogP contribution in [0.5, 0.6) is 0 Å². The minimum atomic E-state index is -0.448. The van der Waals surface area contributed by atoms with E-state index in [0.717, 1.165) is 52.1 Å². The summed E-state index contributed by atoms with van der Waals surface area (Å²) < 4.78 is 16.0. The number of nitrogens with one attached hydrogen (secondary N) is 2. The van der Waals surface area contributed by atoms with Crippen molar-refractivity contribution in [2.24, 2.45) is 5.41 Å². The summed E-state index contributed by atoms with van der Waals surface area (Å²) in [5.41, 5.74) is -0.448. The topological polar surface area (TPSA) is 89.1 Å². The third-order valence-electron chi connectivity index (χ3n) is 7.51. The van der Waals surface area contributed by atoms with E-state index in [4.69, 9.17) is 14.2 Å². The van der Waals surface area contributed by atoms with E-state index in [1.807, 2.05) is 13.8 Å². The van der Waals surface area contributed by atoms with E-state index in [1.54, 1.807) is 0 Å². The lowest BCUT2D eigenvalue weighted by atomic mass is 9.96. The zero-order chi connectivity index (χ0) is 29.2.